The molecule has 2 heterocycles. The van der Waals surface area contributed by atoms with Gasteiger partial charge in [-0.3, -0.25) is 14.5 Å². The predicted octanol–water partition coefficient (Wildman–Crippen LogP) is 7.18. The highest BCUT2D eigenvalue weighted by atomic mass is 35.5. The van der Waals surface area contributed by atoms with Gasteiger partial charge in [-0.15, -0.1) is 0 Å². The van der Waals surface area contributed by atoms with E-state index in [0.717, 1.165) is 24.0 Å². The van der Waals surface area contributed by atoms with Gasteiger partial charge in [-0.1, -0.05) is 56.6 Å². The molecule has 0 saturated heterocycles. The van der Waals surface area contributed by atoms with E-state index in [4.69, 9.17) is 20.8 Å². The number of aryl methyl sites for hydroxylation is 1. The molecular weight excluding hydrogens is 474 g/mol. The first-order valence-corrected chi connectivity index (χ1v) is 12.7. The van der Waals surface area contributed by atoms with Gasteiger partial charge < -0.3 is 9.15 Å². The Hall–Kier alpha value is -3.57. The van der Waals surface area contributed by atoms with E-state index in [1.807, 2.05) is 48.5 Å². The van der Waals surface area contributed by atoms with E-state index in [9.17, 15) is 9.59 Å². The zero-order valence-corrected chi connectivity index (χ0v) is 21.3. The molecule has 3 aromatic carbocycles. The second kappa shape index (κ2) is 9.82. The Morgan fingerprint density at radius 2 is 1.81 bits per heavy atom. The van der Waals surface area contributed by atoms with Crippen LogP contribution in [0.3, 0.4) is 0 Å². The number of carbonyl (C=O) groups is 1. The minimum absolute atomic E-state index is 0.0607. The lowest BCUT2D eigenvalue weighted by Crippen LogP contribution is -2.29. The standard InChI is InChI=1S/C30H28ClNO4/c1-4-19-8-11-22(12-9-19)32-27(20-6-5-7-23(16-20)35-15-14-18(2)3)26-28(33)24-17-21(31)10-13-25(24)36-29(26)30(32)34/h5-13,16-18,27H,4,14-15H2,1-3H3. The minimum atomic E-state index is -0.659. The summed E-state index contributed by atoms with van der Waals surface area (Å²) in [6, 6.07) is 19.6. The number of fused-ring (bicyclic) bond motifs is 2. The molecule has 1 aromatic heterocycles. The third-order valence-electron chi connectivity index (χ3n) is 6.59. The van der Waals surface area contributed by atoms with Crippen molar-refractivity contribution in [2.75, 3.05) is 11.5 Å². The van der Waals surface area contributed by atoms with Crippen molar-refractivity contribution < 1.29 is 13.9 Å². The molecule has 184 valence electrons. The molecule has 1 atom stereocenters. The van der Waals surface area contributed by atoms with Crippen LogP contribution in [0.15, 0.2) is 75.9 Å². The highest BCUT2D eigenvalue weighted by molar-refractivity contribution is 6.31. The SMILES string of the molecule is CCc1ccc(N2C(=O)c3oc4ccc(Cl)cc4c(=O)c3C2c2cccc(OCCC(C)C)c2)cc1. The highest BCUT2D eigenvalue weighted by Gasteiger charge is 2.43. The number of hydrogen-bond donors (Lipinski definition) is 0. The van der Waals surface area contributed by atoms with Crippen molar-refractivity contribution in [2.45, 2.75) is 39.7 Å². The molecule has 1 amide bonds. The molecule has 0 spiro atoms. The summed E-state index contributed by atoms with van der Waals surface area (Å²) in [5.74, 6) is 0.937. The molecule has 1 unspecified atom stereocenters. The van der Waals surface area contributed by atoms with Crippen LogP contribution >= 0.6 is 11.6 Å². The molecule has 5 rings (SSSR count). The zero-order valence-electron chi connectivity index (χ0n) is 20.6. The molecule has 0 N–H and O–H groups in total. The van der Waals surface area contributed by atoms with Gasteiger partial charge in [0, 0.05) is 10.7 Å². The summed E-state index contributed by atoms with van der Waals surface area (Å²) in [6.45, 7) is 6.98. The van der Waals surface area contributed by atoms with Gasteiger partial charge in [0.1, 0.15) is 11.3 Å². The molecular formula is C30H28ClNO4. The average molecular weight is 502 g/mol. The Morgan fingerprint density at radius 1 is 1.03 bits per heavy atom. The Balaban J connectivity index is 1.67. The van der Waals surface area contributed by atoms with Crippen LogP contribution in [0.2, 0.25) is 5.02 Å². The van der Waals surface area contributed by atoms with E-state index in [1.165, 1.54) is 0 Å². The van der Waals surface area contributed by atoms with Crippen molar-refractivity contribution in [3.8, 4) is 5.75 Å². The van der Waals surface area contributed by atoms with E-state index < -0.39 is 6.04 Å². The number of anilines is 1. The Morgan fingerprint density at radius 3 is 2.53 bits per heavy atom. The van der Waals surface area contributed by atoms with Crippen molar-refractivity contribution >= 4 is 34.2 Å². The van der Waals surface area contributed by atoms with Crippen molar-refractivity contribution in [3.05, 3.63) is 104 Å². The molecule has 0 aliphatic carbocycles. The number of amides is 1. The van der Waals surface area contributed by atoms with Crippen LogP contribution in [0.25, 0.3) is 11.0 Å². The van der Waals surface area contributed by atoms with Crippen LogP contribution in [0.4, 0.5) is 5.69 Å². The van der Waals surface area contributed by atoms with Crippen LogP contribution in [0, 0.1) is 5.92 Å². The number of carbonyl (C=O) groups excluding carboxylic acids is 1. The fourth-order valence-electron chi connectivity index (χ4n) is 4.61. The van der Waals surface area contributed by atoms with E-state index in [2.05, 4.69) is 20.8 Å². The molecule has 1 aliphatic heterocycles. The van der Waals surface area contributed by atoms with Crippen molar-refractivity contribution in [1.82, 2.24) is 0 Å². The quantitative estimate of drug-likeness (QED) is 0.269. The lowest BCUT2D eigenvalue weighted by atomic mass is 9.98. The summed E-state index contributed by atoms with van der Waals surface area (Å²) in [7, 11) is 0. The Bertz CT molecular complexity index is 1490. The highest BCUT2D eigenvalue weighted by Crippen LogP contribution is 2.42. The number of nitrogens with zero attached hydrogens (tertiary/aromatic N) is 1. The summed E-state index contributed by atoms with van der Waals surface area (Å²) in [5, 5.41) is 0.787. The largest absolute Gasteiger partial charge is 0.494 e. The van der Waals surface area contributed by atoms with E-state index in [0.29, 0.717) is 45.5 Å². The Kier molecular flexibility index (Phi) is 6.59. The maximum Gasteiger partial charge on any atom is 0.295 e. The number of benzene rings is 3. The topological polar surface area (TPSA) is 59.8 Å². The third kappa shape index (κ3) is 4.40. The maximum atomic E-state index is 13.8. The van der Waals surface area contributed by atoms with Crippen molar-refractivity contribution in [3.63, 3.8) is 0 Å². The molecule has 5 nitrogen and oxygen atoms in total. The third-order valence-corrected chi connectivity index (χ3v) is 6.83. The zero-order chi connectivity index (χ0) is 25.4. The van der Waals surface area contributed by atoms with Gasteiger partial charge in [0.2, 0.25) is 5.76 Å². The number of rotatable bonds is 7. The van der Waals surface area contributed by atoms with Crippen LogP contribution in [-0.2, 0) is 6.42 Å². The maximum absolute atomic E-state index is 13.8. The van der Waals surface area contributed by atoms with Crippen molar-refractivity contribution in [1.29, 1.82) is 0 Å². The van der Waals surface area contributed by atoms with Gasteiger partial charge in [0.25, 0.3) is 5.91 Å². The number of ether oxygens (including phenoxy) is 1. The van der Waals surface area contributed by atoms with Gasteiger partial charge >= 0.3 is 0 Å². The van der Waals surface area contributed by atoms with Gasteiger partial charge in [0.15, 0.2) is 5.43 Å². The predicted molar refractivity (Wildman–Crippen MR) is 143 cm³/mol. The fourth-order valence-corrected chi connectivity index (χ4v) is 4.78. The van der Waals surface area contributed by atoms with Crippen LogP contribution in [0.1, 0.15) is 60.5 Å². The fraction of sp³-hybridized carbons (Fsp3) is 0.267. The first-order valence-electron chi connectivity index (χ1n) is 12.3. The summed E-state index contributed by atoms with van der Waals surface area (Å²) in [4.78, 5) is 29.2. The average Bonchev–Trinajstić information content (AvgIpc) is 3.17. The lowest BCUT2D eigenvalue weighted by molar-refractivity contribution is 0.0971. The van der Waals surface area contributed by atoms with Gasteiger partial charge in [-0.2, -0.15) is 0 Å². The molecule has 36 heavy (non-hydrogen) atoms. The summed E-state index contributed by atoms with van der Waals surface area (Å²) in [6.07, 6.45) is 1.82. The first kappa shape index (κ1) is 24.1. The number of hydrogen-bond acceptors (Lipinski definition) is 4. The number of halogens is 1. The minimum Gasteiger partial charge on any atom is -0.494 e. The molecule has 4 aromatic rings. The van der Waals surface area contributed by atoms with Gasteiger partial charge in [-0.25, -0.2) is 0 Å². The van der Waals surface area contributed by atoms with Crippen LogP contribution < -0.4 is 15.1 Å². The molecule has 6 heteroatoms. The second-order valence-electron chi connectivity index (χ2n) is 9.52. The molecule has 1 aliphatic rings. The van der Waals surface area contributed by atoms with E-state index in [-0.39, 0.29) is 17.1 Å². The van der Waals surface area contributed by atoms with Crippen LogP contribution in [0.5, 0.6) is 5.75 Å². The van der Waals surface area contributed by atoms with Gasteiger partial charge in [-0.05, 0) is 72.4 Å². The van der Waals surface area contributed by atoms with Gasteiger partial charge in [0.05, 0.1) is 23.6 Å². The van der Waals surface area contributed by atoms with Crippen molar-refractivity contribution in [2.24, 2.45) is 5.92 Å². The lowest BCUT2D eigenvalue weighted by Gasteiger charge is -2.26. The normalized spacial score (nSPS) is 15.1. The molecule has 0 saturated carbocycles. The molecule has 0 fully saturated rings. The smallest absolute Gasteiger partial charge is 0.295 e. The second-order valence-corrected chi connectivity index (χ2v) is 9.95. The summed E-state index contributed by atoms with van der Waals surface area (Å²) >= 11 is 6.19. The summed E-state index contributed by atoms with van der Waals surface area (Å²) < 4.78 is 12.0. The molecule has 0 radical (unpaired) electrons. The summed E-state index contributed by atoms with van der Waals surface area (Å²) in [5.41, 5.74) is 3.02. The van der Waals surface area contributed by atoms with E-state index >= 15 is 0 Å². The molecule has 0 bridgehead atoms. The first-order chi connectivity index (χ1) is 17.4. The monoisotopic (exact) mass is 501 g/mol. The van der Waals surface area contributed by atoms with E-state index in [1.54, 1.807) is 23.1 Å². The Labute approximate surface area is 215 Å². The van der Waals surface area contributed by atoms with Crippen LogP contribution in [-0.4, -0.2) is 12.5 Å².